The average molecular weight is 700 g/mol. The Bertz CT molecular complexity index is 1870. The summed E-state index contributed by atoms with van der Waals surface area (Å²) in [5.41, 5.74) is 1.43. The molecule has 0 spiro atoms. The Morgan fingerprint density at radius 1 is 0.976 bits per heavy atom. The van der Waals surface area contributed by atoms with Crippen molar-refractivity contribution in [1.29, 1.82) is 0 Å². The molecular formula is C31H23Br2F3N4O2. The van der Waals surface area contributed by atoms with E-state index < -0.39 is 17.3 Å². The molecule has 214 valence electrons. The summed E-state index contributed by atoms with van der Waals surface area (Å²) < 4.78 is 49.6. The lowest BCUT2D eigenvalue weighted by molar-refractivity contribution is -0.137. The summed E-state index contributed by atoms with van der Waals surface area (Å²) in [5.74, 6) is 0.481. The second kappa shape index (κ2) is 12.1. The highest BCUT2D eigenvalue weighted by Crippen LogP contribution is 2.32. The topological polar surface area (TPSA) is 59.7 Å². The Kier molecular flexibility index (Phi) is 8.51. The van der Waals surface area contributed by atoms with E-state index in [-0.39, 0.29) is 23.4 Å². The second-order valence-electron chi connectivity index (χ2n) is 9.53. The minimum Gasteiger partial charge on any atom is -0.488 e. The number of hydrogen-bond acceptors (Lipinski definition) is 5. The van der Waals surface area contributed by atoms with Gasteiger partial charge in [-0.25, -0.2) is 4.98 Å². The van der Waals surface area contributed by atoms with Gasteiger partial charge in [0.05, 0.1) is 22.7 Å². The number of ether oxygens (including phenoxy) is 1. The van der Waals surface area contributed by atoms with Crippen LogP contribution in [0.4, 0.5) is 18.9 Å². The highest BCUT2D eigenvalue weighted by molar-refractivity contribution is 9.11. The molecule has 0 N–H and O–H groups in total. The predicted octanol–water partition coefficient (Wildman–Crippen LogP) is 8.13. The zero-order valence-electron chi connectivity index (χ0n) is 22.4. The van der Waals surface area contributed by atoms with Gasteiger partial charge in [0.15, 0.2) is 5.82 Å². The van der Waals surface area contributed by atoms with Gasteiger partial charge in [-0.2, -0.15) is 22.9 Å². The van der Waals surface area contributed by atoms with Crippen molar-refractivity contribution in [3.63, 3.8) is 0 Å². The van der Waals surface area contributed by atoms with Crippen LogP contribution in [0.5, 0.6) is 5.75 Å². The number of fused-ring (bicyclic) bond motifs is 1. The largest absolute Gasteiger partial charge is 0.488 e. The zero-order chi connectivity index (χ0) is 30.0. The van der Waals surface area contributed by atoms with E-state index >= 15 is 0 Å². The lowest BCUT2D eigenvalue weighted by atomic mass is 10.1. The van der Waals surface area contributed by atoms with Crippen molar-refractivity contribution in [2.24, 2.45) is 5.10 Å². The molecule has 5 aromatic rings. The normalized spacial score (nSPS) is 11.8. The number of benzene rings is 4. The quantitative estimate of drug-likeness (QED) is 0.161. The molecule has 4 aromatic carbocycles. The first-order valence-corrected chi connectivity index (χ1v) is 14.2. The van der Waals surface area contributed by atoms with Crippen LogP contribution in [-0.4, -0.2) is 30.0 Å². The van der Waals surface area contributed by atoms with Crippen LogP contribution in [0.2, 0.25) is 0 Å². The fourth-order valence-corrected chi connectivity index (χ4v) is 5.36. The third kappa shape index (κ3) is 6.42. The highest BCUT2D eigenvalue weighted by atomic mass is 79.9. The van der Waals surface area contributed by atoms with Gasteiger partial charge >= 0.3 is 6.18 Å². The fraction of sp³-hybridized carbons (Fsp3) is 0.129. The van der Waals surface area contributed by atoms with E-state index in [1.165, 1.54) is 18.3 Å². The Morgan fingerprint density at radius 3 is 2.50 bits per heavy atom. The monoisotopic (exact) mass is 698 g/mol. The van der Waals surface area contributed by atoms with E-state index in [0.717, 1.165) is 37.0 Å². The molecule has 0 saturated carbocycles. The molecule has 0 radical (unpaired) electrons. The molecule has 0 aliphatic rings. The van der Waals surface area contributed by atoms with Gasteiger partial charge in [-0.1, -0.05) is 62.2 Å². The van der Waals surface area contributed by atoms with Gasteiger partial charge in [0.2, 0.25) is 0 Å². The van der Waals surface area contributed by atoms with Crippen LogP contribution in [0, 0.1) is 0 Å². The Balaban J connectivity index is 1.61. The summed E-state index contributed by atoms with van der Waals surface area (Å²) in [6.07, 6.45) is -3.12. The molecule has 0 fully saturated rings. The van der Waals surface area contributed by atoms with Crippen LogP contribution in [0.1, 0.15) is 16.7 Å². The molecule has 0 aliphatic heterocycles. The van der Waals surface area contributed by atoms with Crippen molar-refractivity contribution in [2.45, 2.75) is 12.8 Å². The standard InChI is InChI=1S/C31H23Br2F3N4O2/c1-39(2)24-13-11-20(28(16-24)42-18-21-10-12-23(32)15-26(21)33)17-37-40-29(19-6-5-7-22(14-19)31(34,35)36)38-27-9-4-3-8-25(27)30(40)41/h3-17H,18H2,1-2H3. The molecule has 0 unspecified atom stereocenters. The maximum Gasteiger partial charge on any atom is 0.416 e. The second-order valence-corrected chi connectivity index (χ2v) is 11.3. The Morgan fingerprint density at radius 2 is 1.76 bits per heavy atom. The molecule has 5 rings (SSSR count). The van der Waals surface area contributed by atoms with E-state index in [2.05, 4.69) is 41.9 Å². The van der Waals surface area contributed by atoms with Crippen molar-refractivity contribution in [3.8, 4) is 17.1 Å². The van der Waals surface area contributed by atoms with Crippen LogP contribution in [0.15, 0.2) is 104 Å². The molecule has 42 heavy (non-hydrogen) atoms. The summed E-state index contributed by atoms with van der Waals surface area (Å²) >= 11 is 7.00. The molecule has 1 aromatic heterocycles. The van der Waals surface area contributed by atoms with E-state index in [9.17, 15) is 18.0 Å². The van der Waals surface area contributed by atoms with Gasteiger partial charge in [0.25, 0.3) is 5.56 Å². The lowest BCUT2D eigenvalue weighted by Gasteiger charge is -2.17. The van der Waals surface area contributed by atoms with Crippen molar-refractivity contribution in [2.75, 3.05) is 19.0 Å². The van der Waals surface area contributed by atoms with Crippen LogP contribution >= 0.6 is 31.9 Å². The van der Waals surface area contributed by atoms with Crippen molar-refractivity contribution in [3.05, 3.63) is 121 Å². The number of nitrogens with zero attached hydrogens (tertiary/aromatic N) is 4. The van der Waals surface area contributed by atoms with Crippen molar-refractivity contribution in [1.82, 2.24) is 9.66 Å². The van der Waals surface area contributed by atoms with Crippen molar-refractivity contribution >= 4 is 54.7 Å². The van der Waals surface area contributed by atoms with Gasteiger partial charge in [0, 0.05) is 51.5 Å². The average Bonchev–Trinajstić information content (AvgIpc) is 2.96. The van der Waals surface area contributed by atoms with Gasteiger partial charge in [-0.3, -0.25) is 4.79 Å². The van der Waals surface area contributed by atoms with E-state index in [0.29, 0.717) is 16.8 Å². The predicted molar refractivity (Wildman–Crippen MR) is 166 cm³/mol. The van der Waals surface area contributed by atoms with Gasteiger partial charge < -0.3 is 9.64 Å². The third-order valence-corrected chi connectivity index (χ3v) is 7.66. The number of anilines is 1. The first kappa shape index (κ1) is 29.5. The number of rotatable bonds is 7. The number of halogens is 5. The zero-order valence-corrected chi connectivity index (χ0v) is 25.5. The summed E-state index contributed by atoms with van der Waals surface area (Å²) in [5, 5.41) is 4.72. The molecule has 0 atom stereocenters. The van der Waals surface area contributed by atoms with Crippen LogP contribution in [0.3, 0.4) is 0 Å². The SMILES string of the molecule is CN(C)c1ccc(C=Nn2c(-c3cccc(C(F)(F)F)c3)nc3ccccc3c2=O)c(OCc2ccc(Br)cc2Br)c1. The molecule has 0 saturated heterocycles. The maximum absolute atomic E-state index is 13.6. The Hall–Kier alpha value is -3.96. The minimum absolute atomic E-state index is 0.0211. The smallest absolute Gasteiger partial charge is 0.416 e. The molecular weight excluding hydrogens is 677 g/mol. The lowest BCUT2D eigenvalue weighted by Crippen LogP contribution is -2.20. The summed E-state index contributed by atoms with van der Waals surface area (Å²) in [6.45, 7) is 0.249. The number of alkyl halides is 3. The molecule has 6 nitrogen and oxygen atoms in total. The molecule has 11 heteroatoms. The molecule has 0 amide bonds. The Labute approximate surface area is 256 Å². The van der Waals surface area contributed by atoms with Gasteiger partial charge in [-0.05, 0) is 48.5 Å². The van der Waals surface area contributed by atoms with E-state index in [1.54, 1.807) is 30.3 Å². The number of aromatic nitrogens is 2. The molecule has 1 heterocycles. The first-order chi connectivity index (χ1) is 20.0. The van der Waals surface area contributed by atoms with Gasteiger partial charge in [0.1, 0.15) is 12.4 Å². The number of para-hydroxylation sites is 1. The third-order valence-electron chi connectivity index (χ3n) is 6.43. The van der Waals surface area contributed by atoms with E-state index in [1.807, 2.05) is 49.3 Å². The minimum atomic E-state index is -4.56. The maximum atomic E-state index is 13.6. The number of hydrogen-bond donors (Lipinski definition) is 0. The van der Waals surface area contributed by atoms with Crippen molar-refractivity contribution < 1.29 is 17.9 Å². The van der Waals surface area contributed by atoms with E-state index in [4.69, 9.17) is 4.74 Å². The molecule has 0 aliphatic carbocycles. The molecule has 0 bridgehead atoms. The first-order valence-electron chi connectivity index (χ1n) is 12.6. The highest BCUT2D eigenvalue weighted by Gasteiger charge is 2.31. The van der Waals surface area contributed by atoms with Gasteiger partial charge in [-0.15, -0.1) is 0 Å². The van der Waals surface area contributed by atoms with Crippen LogP contribution < -0.4 is 15.2 Å². The fourth-order valence-electron chi connectivity index (χ4n) is 4.20. The summed E-state index contributed by atoms with van der Waals surface area (Å²) in [4.78, 5) is 20.0. The van der Waals surface area contributed by atoms with Crippen LogP contribution in [0.25, 0.3) is 22.3 Å². The van der Waals surface area contributed by atoms with Crippen LogP contribution in [-0.2, 0) is 12.8 Å². The summed E-state index contributed by atoms with van der Waals surface area (Å²) in [6, 6.07) is 22.6. The summed E-state index contributed by atoms with van der Waals surface area (Å²) in [7, 11) is 3.81.